The highest BCUT2D eigenvalue weighted by Gasteiger charge is 2.22. The summed E-state index contributed by atoms with van der Waals surface area (Å²) in [6, 6.07) is 19.0. The Morgan fingerprint density at radius 3 is 1.46 bits per heavy atom. The molecule has 0 saturated heterocycles. The Bertz CT molecular complexity index is 1640. The van der Waals surface area contributed by atoms with E-state index in [2.05, 4.69) is 0 Å². The third-order valence-electron chi connectivity index (χ3n) is 6.06. The summed E-state index contributed by atoms with van der Waals surface area (Å²) < 4.78 is 11.2. The molecule has 0 aromatic heterocycles. The van der Waals surface area contributed by atoms with Gasteiger partial charge in [-0.05, 0) is 59.9 Å². The van der Waals surface area contributed by atoms with Crippen LogP contribution in [0.4, 0.5) is 22.7 Å². The van der Waals surface area contributed by atoms with E-state index < -0.39 is 19.7 Å². The van der Waals surface area contributed by atoms with Crippen LogP contribution in [0, 0.1) is 40.5 Å². The highest BCUT2D eigenvalue weighted by atomic mass is 16.6. The second kappa shape index (κ2) is 11.9. The number of hydrogen-bond donors (Lipinski definition) is 0. The summed E-state index contributed by atoms with van der Waals surface area (Å²) in [5, 5.41) is 45.2. The van der Waals surface area contributed by atoms with Gasteiger partial charge in [0.15, 0.2) is 0 Å². The summed E-state index contributed by atoms with van der Waals surface area (Å²) in [6.45, 7) is 1.81. The van der Waals surface area contributed by atoms with Gasteiger partial charge in [-0.2, -0.15) is 0 Å². The summed E-state index contributed by atoms with van der Waals surface area (Å²) in [5.41, 5.74) is 0.233. The van der Waals surface area contributed by atoms with Crippen LogP contribution in [0.25, 0.3) is 0 Å². The predicted octanol–water partition coefficient (Wildman–Crippen LogP) is 7.25. The van der Waals surface area contributed by atoms with Crippen molar-refractivity contribution in [2.75, 3.05) is 0 Å². The zero-order valence-corrected chi connectivity index (χ0v) is 21.2. The Balaban J connectivity index is 1.52. The van der Waals surface area contributed by atoms with E-state index in [9.17, 15) is 40.5 Å². The van der Waals surface area contributed by atoms with Crippen LogP contribution < -0.4 is 9.47 Å². The fraction of sp³-hybridized carbons (Fsp3) is 0.111. The first kappa shape index (κ1) is 28.1. The van der Waals surface area contributed by atoms with Crippen molar-refractivity contribution in [2.45, 2.75) is 19.3 Å². The quantitative estimate of drug-likeness (QED) is 0.133. The average molecular weight is 560 g/mol. The summed E-state index contributed by atoms with van der Waals surface area (Å²) in [6.07, 6.45) is 0.304. The van der Waals surface area contributed by atoms with Crippen molar-refractivity contribution in [1.82, 2.24) is 0 Å². The second-order valence-corrected chi connectivity index (χ2v) is 8.85. The summed E-state index contributed by atoms with van der Waals surface area (Å²) in [4.78, 5) is 42.8. The van der Waals surface area contributed by atoms with E-state index in [4.69, 9.17) is 9.47 Å². The maximum Gasteiger partial charge on any atom is 0.311 e. The second-order valence-electron chi connectivity index (χ2n) is 8.85. The molecule has 14 nitrogen and oxygen atoms in total. The lowest BCUT2D eigenvalue weighted by Gasteiger charge is -2.14. The number of nitro groups is 4. The van der Waals surface area contributed by atoms with Crippen LogP contribution in [0.15, 0.2) is 84.9 Å². The first-order valence-electron chi connectivity index (χ1n) is 11.9. The molecular weight excluding hydrogens is 540 g/mol. The van der Waals surface area contributed by atoms with E-state index in [1.54, 1.807) is 12.1 Å². The maximum absolute atomic E-state index is 11.8. The molecule has 0 radical (unpaired) electrons. The number of ether oxygens (including phenoxy) is 2. The standard InChI is InChI=1S/C27H20N4O10/c1-17(19-3-13-27(25(16-19)31(38)39)41-23-10-6-21(7-11-23)29(34)35)14-18-2-12-26(24(15-18)30(36)37)40-22-8-4-20(5-9-22)28(32)33/h2-13,15-17H,14H2,1H3. The Labute approximate surface area is 231 Å². The number of non-ortho nitro benzene ring substituents is 2. The molecule has 0 spiro atoms. The number of nitrogens with zero attached hydrogens (tertiary/aromatic N) is 4. The fourth-order valence-corrected chi connectivity index (χ4v) is 3.99. The van der Waals surface area contributed by atoms with Gasteiger partial charge in [0.2, 0.25) is 11.5 Å². The van der Waals surface area contributed by atoms with Gasteiger partial charge in [-0.15, -0.1) is 0 Å². The molecule has 208 valence electrons. The summed E-state index contributed by atoms with van der Waals surface area (Å²) in [7, 11) is 0. The van der Waals surface area contributed by atoms with Crippen LogP contribution in [0.1, 0.15) is 24.0 Å². The molecule has 0 amide bonds. The molecule has 1 atom stereocenters. The van der Waals surface area contributed by atoms with E-state index in [-0.39, 0.29) is 51.7 Å². The number of rotatable bonds is 11. The van der Waals surface area contributed by atoms with Crippen LogP contribution in [0.5, 0.6) is 23.0 Å². The highest BCUT2D eigenvalue weighted by molar-refractivity contribution is 5.53. The lowest BCUT2D eigenvalue weighted by Crippen LogP contribution is -2.02. The van der Waals surface area contributed by atoms with Crippen LogP contribution in [0.2, 0.25) is 0 Å². The normalized spacial score (nSPS) is 11.3. The van der Waals surface area contributed by atoms with E-state index in [1.807, 2.05) is 6.92 Å². The number of nitro benzene ring substituents is 4. The van der Waals surface area contributed by atoms with E-state index in [0.717, 1.165) is 0 Å². The van der Waals surface area contributed by atoms with Crippen LogP contribution >= 0.6 is 0 Å². The molecule has 0 bridgehead atoms. The molecule has 4 aromatic rings. The first-order valence-corrected chi connectivity index (χ1v) is 11.9. The average Bonchev–Trinajstić information content (AvgIpc) is 2.94. The van der Waals surface area contributed by atoms with Crippen molar-refractivity contribution in [3.05, 3.63) is 137 Å². The Kier molecular flexibility index (Phi) is 8.13. The fourth-order valence-electron chi connectivity index (χ4n) is 3.99. The van der Waals surface area contributed by atoms with Crippen LogP contribution in [0.3, 0.4) is 0 Å². The van der Waals surface area contributed by atoms with Gasteiger partial charge in [0.05, 0.1) is 19.7 Å². The first-order chi connectivity index (χ1) is 19.5. The molecule has 0 saturated carbocycles. The Morgan fingerprint density at radius 2 is 1.02 bits per heavy atom. The van der Waals surface area contributed by atoms with Gasteiger partial charge >= 0.3 is 11.4 Å². The minimum Gasteiger partial charge on any atom is -0.450 e. The van der Waals surface area contributed by atoms with Crippen molar-refractivity contribution in [2.24, 2.45) is 0 Å². The van der Waals surface area contributed by atoms with Crippen LogP contribution in [-0.4, -0.2) is 19.7 Å². The molecule has 0 aliphatic rings. The monoisotopic (exact) mass is 560 g/mol. The molecule has 0 aliphatic heterocycles. The number of benzene rings is 4. The largest absolute Gasteiger partial charge is 0.450 e. The van der Waals surface area contributed by atoms with E-state index >= 15 is 0 Å². The van der Waals surface area contributed by atoms with Gasteiger partial charge < -0.3 is 9.47 Å². The lowest BCUT2D eigenvalue weighted by atomic mass is 9.93. The van der Waals surface area contributed by atoms with Gasteiger partial charge in [0.25, 0.3) is 11.4 Å². The molecule has 0 fully saturated rings. The third kappa shape index (κ3) is 6.75. The summed E-state index contributed by atoms with van der Waals surface area (Å²) in [5.74, 6) is -0.0269. The molecule has 0 aliphatic carbocycles. The lowest BCUT2D eigenvalue weighted by molar-refractivity contribution is -0.385. The summed E-state index contributed by atoms with van der Waals surface area (Å²) >= 11 is 0. The SMILES string of the molecule is CC(Cc1ccc(Oc2ccc([N+](=O)[O-])cc2)c([N+](=O)[O-])c1)c1ccc(Oc2ccc([N+](=O)[O-])cc2)c([N+](=O)[O-])c1. The molecular formula is C27H20N4O10. The van der Waals surface area contributed by atoms with E-state index in [1.165, 1.54) is 72.8 Å². The van der Waals surface area contributed by atoms with E-state index in [0.29, 0.717) is 17.5 Å². The van der Waals surface area contributed by atoms with Gasteiger partial charge in [-0.25, -0.2) is 0 Å². The molecule has 4 aromatic carbocycles. The van der Waals surface area contributed by atoms with Crippen molar-refractivity contribution in [3.63, 3.8) is 0 Å². The Morgan fingerprint density at radius 1 is 0.585 bits per heavy atom. The third-order valence-corrected chi connectivity index (χ3v) is 6.06. The van der Waals surface area contributed by atoms with Crippen molar-refractivity contribution in [1.29, 1.82) is 0 Å². The van der Waals surface area contributed by atoms with Gasteiger partial charge in [0.1, 0.15) is 11.5 Å². The minimum absolute atomic E-state index is 0.0522. The van der Waals surface area contributed by atoms with Crippen molar-refractivity contribution >= 4 is 22.7 Å². The smallest absolute Gasteiger partial charge is 0.311 e. The Hall–Kier alpha value is -5.92. The topological polar surface area (TPSA) is 191 Å². The van der Waals surface area contributed by atoms with Crippen LogP contribution in [-0.2, 0) is 6.42 Å². The zero-order valence-electron chi connectivity index (χ0n) is 21.2. The van der Waals surface area contributed by atoms with Gasteiger partial charge in [-0.1, -0.05) is 19.1 Å². The predicted molar refractivity (Wildman–Crippen MR) is 145 cm³/mol. The van der Waals surface area contributed by atoms with Gasteiger partial charge in [0, 0.05) is 36.4 Å². The molecule has 41 heavy (non-hydrogen) atoms. The minimum atomic E-state index is -0.607. The molecule has 0 heterocycles. The molecule has 1 unspecified atom stereocenters. The molecule has 0 N–H and O–H groups in total. The van der Waals surface area contributed by atoms with Gasteiger partial charge in [-0.3, -0.25) is 40.5 Å². The molecule has 4 rings (SSSR count). The van der Waals surface area contributed by atoms with Crippen molar-refractivity contribution in [3.8, 4) is 23.0 Å². The maximum atomic E-state index is 11.8. The molecule has 14 heteroatoms. The van der Waals surface area contributed by atoms with Crippen molar-refractivity contribution < 1.29 is 29.2 Å². The highest BCUT2D eigenvalue weighted by Crippen LogP contribution is 2.37. The number of hydrogen-bond acceptors (Lipinski definition) is 10. The zero-order chi connectivity index (χ0) is 29.7.